The fourth-order valence-electron chi connectivity index (χ4n) is 2.25. The first-order valence-electron chi connectivity index (χ1n) is 5.48. The summed E-state index contributed by atoms with van der Waals surface area (Å²) in [6, 6.07) is -0.776. The van der Waals surface area contributed by atoms with E-state index in [0.29, 0.717) is 17.0 Å². The second kappa shape index (κ2) is 3.91. The van der Waals surface area contributed by atoms with Crippen LogP contribution in [0.5, 0.6) is 0 Å². The number of carboxylic acids is 1. The minimum absolute atomic E-state index is 0.189. The second-order valence-corrected chi connectivity index (χ2v) is 4.19. The molecule has 0 spiro atoms. The number of aliphatic hydroxyl groups is 1. The summed E-state index contributed by atoms with van der Waals surface area (Å²) in [5, 5.41) is 18.8. The Hall–Kier alpha value is -2.22. The maximum absolute atomic E-state index is 11.2. The van der Waals surface area contributed by atoms with Crippen molar-refractivity contribution in [3.8, 4) is 0 Å². The molecule has 2 aromatic heterocycles. The van der Waals surface area contributed by atoms with E-state index >= 15 is 0 Å². The third-order valence-corrected chi connectivity index (χ3v) is 3.04. The molecule has 0 bridgehead atoms. The highest BCUT2D eigenvalue weighted by atomic mass is 16.4. The van der Waals surface area contributed by atoms with Gasteiger partial charge in [-0.25, -0.2) is 19.7 Å². The Morgan fingerprint density at radius 2 is 2.28 bits per heavy atom. The summed E-state index contributed by atoms with van der Waals surface area (Å²) in [6.45, 7) is 0.238. The van der Waals surface area contributed by atoms with Gasteiger partial charge in [0.25, 0.3) is 0 Å². The predicted octanol–water partition coefficient (Wildman–Crippen LogP) is -0.623. The van der Waals surface area contributed by atoms with Crippen LogP contribution in [0.1, 0.15) is 6.42 Å². The fourth-order valence-corrected chi connectivity index (χ4v) is 2.25. The van der Waals surface area contributed by atoms with Crippen LogP contribution in [-0.4, -0.2) is 54.8 Å². The normalized spacial score (nSPS) is 23.7. The molecule has 94 valence electrons. The van der Waals surface area contributed by atoms with Crippen molar-refractivity contribution in [1.29, 1.82) is 0 Å². The third-order valence-electron chi connectivity index (χ3n) is 3.04. The number of anilines is 1. The topological polar surface area (TPSA) is 115 Å². The van der Waals surface area contributed by atoms with Crippen LogP contribution in [0.15, 0.2) is 12.7 Å². The lowest BCUT2D eigenvalue weighted by atomic mass is 10.2. The molecule has 3 rings (SSSR count). The molecule has 2 atom stereocenters. The molecule has 0 radical (unpaired) electrons. The van der Waals surface area contributed by atoms with Crippen LogP contribution in [-0.2, 0) is 4.79 Å². The largest absolute Gasteiger partial charge is 0.480 e. The van der Waals surface area contributed by atoms with E-state index in [1.165, 1.54) is 12.7 Å². The van der Waals surface area contributed by atoms with Gasteiger partial charge in [-0.1, -0.05) is 0 Å². The number of aliphatic hydroxyl groups excluding tert-OH is 1. The Morgan fingerprint density at radius 3 is 3.06 bits per heavy atom. The van der Waals surface area contributed by atoms with Gasteiger partial charge in [0, 0.05) is 13.0 Å². The van der Waals surface area contributed by atoms with Crippen LogP contribution in [0.25, 0.3) is 11.2 Å². The molecule has 3 N–H and O–H groups in total. The van der Waals surface area contributed by atoms with E-state index in [0.717, 1.165) is 0 Å². The number of nitrogens with zero attached hydrogens (tertiary/aromatic N) is 4. The Kier molecular flexibility index (Phi) is 2.37. The Balaban J connectivity index is 2.08. The first kappa shape index (κ1) is 10.9. The minimum Gasteiger partial charge on any atom is -0.480 e. The lowest BCUT2D eigenvalue weighted by molar-refractivity contribution is -0.138. The molecule has 1 saturated heterocycles. The average Bonchev–Trinajstić information content (AvgIpc) is 2.94. The zero-order valence-electron chi connectivity index (χ0n) is 9.32. The van der Waals surface area contributed by atoms with E-state index < -0.39 is 18.1 Å². The molecular formula is C10H11N5O3. The predicted molar refractivity (Wildman–Crippen MR) is 61.1 cm³/mol. The van der Waals surface area contributed by atoms with Crippen molar-refractivity contribution in [2.75, 3.05) is 11.4 Å². The number of carboxylic acid groups (broad SMARTS) is 1. The van der Waals surface area contributed by atoms with Crippen molar-refractivity contribution in [2.45, 2.75) is 18.6 Å². The number of imidazole rings is 1. The lowest BCUT2D eigenvalue weighted by Gasteiger charge is -2.22. The molecule has 0 aromatic carbocycles. The number of hydrogen-bond acceptors (Lipinski definition) is 6. The average molecular weight is 249 g/mol. The van der Waals surface area contributed by atoms with Crippen LogP contribution >= 0.6 is 0 Å². The van der Waals surface area contributed by atoms with E-state index in [1.807, 2.05) is 0 Å². The Labute approximate surface area is 101 Å². The van der Waals surface area contributed by atoms with E-state index in [2.05, 4.69) is 19.9 Å². The first-order chi connectivity index (χ1) is 8.66. The lowest BCUT2D eigenvalue weighted by Crippen LogP contribution is -2.36. The minimum atomic E-state index is -0.974. The van der Waals surface area contributed by atoms with Crippen molar-refractivity contribution < 1.29 is 15.0 Å². The molecule has 0 aliphatic carbocycles. The maximum Gasteiger partial charge on any atom is 0.326 e. The van der Waals surface area contributed by atoms with E-state index in [9.17, 15) is 9.90 Å². The second-order valence-electron chi connectivity index (χ2n) is 4.19. The molecule has 2 aromatic rings. The number of aliphatic carboxylic acids is 1. The van der Waals surface area contributed by atoms with Gasteiger partial charge in [0.2, 0.25) is 0 Å². The molecule has 0 saturated carbocycles. The summed E-state index contributed by atoms with van der Waals surface area (Å²) in [5.41, 5.74) is 1.06. The van der Waals surface area contributed by atoms with Gasteiger partial charge < -0.3 is 20.1 Å². The molecule has 3 heterocycles. The van der Waals surface area contributed by atoms with Gasteiger partial charge in [0.05, 0.1) is 12.4 Å². The highest BCUT2D eigenvalue weighted by molar-refractivity contribution is 5.87. The van der Waals surface area contributed by atoms with Crippen LogP contribution in [0, 0.1) is 0 Å². The summed E-state index contributed by atoms with van der Waals surface area (Å²) in [4.78, 5) is 27.7. The molecule has 0 amide bonds. The maximum atomic E-state index is 11.2. The summed E-state index contributed by atoms with van der Waals surface area (Å²) < 4.78 is 0. The summed E-state index contributed by atoms with van der Waals surface area (Å²) in [7, 11) is 0. The number of fused-ring (bicyclic) bond motifs is 1. The van der Waals surface area contributed by atoms with Crippen LogP contribution in [0.3, 0.4) is 0 Å². The Bertz CT molecular complexity index is 598. The monoisotopic (exact) mass is 249 g/mol. The first-order valence-corrected chi connectivity index (χ1v) is 5.48. The van der Waals surface area contributed by atoms with Crippen LogP contribution in [0.4, 0.5) is 5.82 Å². The van der Waals surface area contributed by atoms with Gasteiger partial charge in [0.15, 0.2) is 11.5 Å². The number of carbonyl (C=O) groups is 1. The van der Waals surface area contributed by atoms with Gasteiger partial charge in [0.1, 0.15) is 17.9 Å². The SMILES string of the molecule is O=C(O)[C@H]1C[C@H](O)CN1c1ncnc2nc[nH]c12. The molecule has 1 aliphatic rings. The van der Waals surface area contributed by atoms with Gasteiger partial charge in [-0.05, 0) is 0 Å². The van der Waals surface area contributed by atoms with Crippen molar-refractivity contribution in [3.63, 3.8) is 0 Å². The van der Waals surface area contributed by atoms with Gasteiger partial charge in [-0.2, -0.15) is 0 Å². The van der Waals surface area contributed by atoms with Gasteiger partial charge in [-0.15, -0.1) is 0 Å². The zero-order valence-corrected chi connectivity index (χ0v) is 9.32. The van der Waals surface area contributed by atoms with E-state index in [-0.39, 0.29) is 13.0 Å². The number of nitrogens with one attached hydrogen (secondary N) is 1. The Morgan fingerprint density at radius 1 is 1.44 bits per heavy atom. The number of rotatable bonds is 2. The van der Waals surface area contributed by atoms with Crippen molar-refractivity contribution in [1.82, 2.24) is 19.9 Å². The molecule has 1 aliphatic heterocycles. The molecule has 1 fully saturated rings. The third kappa shape index (κ3) is 1.58. The summed E-state index contributed by atoms with van der Waals surface area (Å²) >= 11 is 0. The van der Waals surface area contributed by atoms with Crippen LogP contribution in [0.2, 0.25) is 0 Å². The van der Waals surface area contributed by atoms with Crippen LogP contribution < -0.4 is 4.90 Å². The number of hydrogen-bond donors (Lipinski definition) is 3. The molecular weight excluding hydrogens is 238 g/mol. The number of aromatic nitrogens is 4. The highest BCUT2D eigenvalue weighted by Gasteiger charge is 2.37. The fraction of sp³-hybridized carbons (Fsp3) is 0.400. The summed E-state index contributed by atoms with van der Waals surface area (Å²) in [6.07, 6.45) is 2.33. The molecule has 18 heavy (non-hydrogen) atoms. The van der Waals surface area contributed by atoms with E-state index in [1.54, 1.807) is 4.90 Å². The quantitative estimate of drug-likeness (QED) is 0.649. The molecule has 0 unspecified atom stereocenters. The van der Waals surface area contributed by atoms with E-state index in [4.69, 9.17) is 5.11 Å². The zero-order chi connectivity index (χ0) is 12.7. The highest BCUT2D eigenvalue weighted by Crippen LogP contribution is 2.28. The standard InChI is InChI=1S/C10H11N5O3/c16-5-1-6(10(17)18)15(2-5)9-7-8(12-3-11-7)13-4-14-9/h3-6,16H,1-2H2,(H,17,18)(H,11,12,13,14)/t5-,6+/m0/s1. The summed E-state index contributed by atoms with van der Waals surface area (Å²) in [5.74, 6) is -0.515. The number of aromatic amines is 1. The van der Waals surface area contributed by atoms with Crippen molar-refractivity contribution >= 4 is 23.0 Å². The van der Waals surface area contributed by atoms with Gasteiger partial charge >= 0.3 is 5.97 Å². The number of β-amino-alcohol motifs (C(OH)–C–C–N with tert-alkyl or cyclic N) is 1. The van der Waals surface area contributed by atoms with Crippen molar-refractivity contribution in [3.05, 3.63) is 12.7 Å². The van der Waals surface area contributed by atoms with Crippen molar-refractivity contribution in [2.24, 2.45) is 0 Å². The number of H-pyrrole nitrogens is 1. The molecule has 8 nitrogen and oxygen atoms in total. The van der Waals surface area contributed by atoms with Gasteiger partial charge in [-0.3, -0.25) is 0 Å². The smallest absolute Gasteiger partial charge is 0.326 e. The molecule has 8 heteroatoms.